The lowest BCUT2D eigenvalue weighted by Crippen LogP contribution is -2.12. The van der Waals surface area contributed by atoms with Crippen LogP contribution in [0.4, 0.5) is 0 Å². The Bertz CT molecular complexity index is 747. The van der Waals surface area contributed by atoms with Gasteiger partial charge in [0.15, 0.2) is 5.75 Å². The van der Waals surface area contributed by atoms with E-state index in [9.17, 15) is 0 Å². The summed E-state index contributed by atoms with van der Waals surface area (Å²) in [6.45, 7) is 16.3. The van der Waals surface area contributed by atoms with Gasteiger partial charge in [-0.2, -0.15) is 0 Å². The van der Waals surface area contributed by atoms with E-state index in [1.807, 2.05) is 6.07 Å². The molecule has 0 fully saturated rings. The van der Waals surface area contributed by atoms with Crippen molar-refractivity contribution in [2.24, 2.45) is 0 Å². The Morgan fingerprint density at radius 1 is 0.759 bits per heavy atom. The fourth-order valence-electron chi connectivity index (χ4n) is 2.88. The molecule has 0 unspecified atom stereocenters. The van der Waals surface area contributed by atoms with E-state index in [0.717, 1.165) is 26.7 Å². The zero-order chi connectivity index (χ0) is 22.0. The normalized spacial score (nSPS) is 12.2. The lowest BCUT2D eigenvalue weighted by atomic mass is 9.86. The third kappa shape index (κ3) is 6.63. The first-order chi connectivity index (χ1) is 13.3. The van der Waals surface area contributed by atoms with E-state index in [4.69, 9.17) is 21.1 Å². The number of hydrogen-bond acceptors (Lipinski definition) is 2. The Kier molecular flexibility index (Phi) is 8.14. The summed E-state index contributed by atoms with van der Waals surface area (Å²) < 4.78 is 13.8. The molecule has 2 aromatic rings. The van der Waals surface area contributed by atoms with Gasteiger partial charge in [-0.05, 0) is 84.5 Å². The minimum atomic E-state index is 0.0340. The van der Waals surface area contributed by atoms with Crippen LogP contribution >= 0.6 is 43.5 Å². The average molecular weight is 547 g/mol. The van der Waals surface area contributed by atoms with Crippen LogP contribution in [0.3, 0.4) is 0 Å². The number of halogens is 3. The highest BCUT2D eigenvalue weighted by Crippen LogP contribution is 2.38. The van der Waals surface area contributed by atoms with Gasteiger partial charge in [0.25, 0.3) is 0 Å². The zero-order valence-corrected chi connectivity index (χ0v) is 22.3. The molecule has 2 aromatic carbocycles. The lowest BCUT2D eigenvalue weighted by Gasteiger charge is -2.22. The molecule has 29 heavy (non-hydrogen) atoms. The maximum absolute atomic E-state index is 6.45. The van der Waals surface area contributed by atoms with Gasteiger partial charge in [0, 0.05) is 6.42 Å². The highest BCUT2D eigenvalue weighted by atomic mass is 79.9. The van der Waals surface area contributed by atoms with E-state index in [1.165, 1.54) is 11.1 Å². The molecule has 5 heteroatoms. The molecule has 0 atom stereocenters. The standard InChI is InChI=1S/C24H31Br2ClO2/c1-15-11-16(23(2,3)4)12-18(25)21(15)28-9-8-10-29-22-19(26)13-17(14-20(22)27)24(5,6)7/h11-14H,8-10H2,1-7H3. The third-order valence-electron chi connectivity index (χ3n) is 4.74. The van der Waals surface area contributed by atoms with Crippen LogP contribution in [-0.4, -0.2) is 13.2 Å². The third-order valence-corrected chi connectivity index (χ3v) is 6.20. The second-order valence-electron chi connectivity index (χ2n) is 9.42. The van der Waals surface area contributed by atoms with Crippen LogP contribution in [0.2, 0.25) is 5.02 Å². The molecule has 160 valence electrons. The van der Waals surface area contributed by atoms with Gasteiger partial charge in [0.05, 0.1) is 27.2 Å². The molecule has 0 aliphatic carbocycles. The van der Waals surface area contributed by atoms with Crippen molar-refractivity contribution in [1.82, 2.24) is 0 Å². The molecule has 0 saturated heterocycles. The molecule has 2 rings (SSSR count). The summed E-state index contributed by atoms with van der Waals surface area (Å²) >= 11 is 13.7. The summed E-state index contributed by atoms with van der Waals surface area (Å²) in [5.74, 6) is 1.58. The summed E-state index contributed by atoms with van der Waals surface area (Å²) in [4.78, 5) is 0. The molecule has 0 N–H and O–H groups in total. The predicted octanol–water partition coefficient (Wildman–Crippen LogP) is 8.62. The van der Waals surface area contributed by atoms with Crippen LogP contribution in [0.15, 0.2) is 33.2 Å². The molecule has 0 heterocycles. The second kappa shape index (κ2) is 9.62. The van der Waals surface area contributed by atoms with Crippen LogP contribution < -0.4 is 9.47 Å². The van der Waals surface area contributed by atoms with Crippen molar-refractivity contribution < 1.29 is 9.47 Å². The van der Waals surface area contributed by atoms with Crippen molar-refractivity contribution in [2.45, 2.75) is 65.7 Å². The van der Waals surface area contributed by atoms with Crippen molar-refractivity contribution >= 4 is 43.5 Å². The van der Waals surface area contributed by atoms with Crippen molar-refractivity contribution in [3.05, 3.63) is 54.9 Å². The van der Waals surface area contributed by atoms with Crippen molar-refractivity contribution in [3.63, 3.8) is 0 Å². The summed E-state index contributed by atoms with van der Waals surface area (Å²) in [6.07, 6.45) is 0.761. The van der Waals surface area contributed by atoms with Crippen LogP contribution in [0, 0.1) is 6.92 Å². The molecule has 0 radical (unpaired) electrons. The molecular formula is C24H31Br2ClO2. The quantitative estimate of drug-likeness (QED) is 0.338. The Morgan fingerprint density at radius 3 is 1.66 bits per heavy atom. The Hall–Kier alpha value is -0.710. The number of ether oxygens (including phenoxy) is 2. The van der Waals surface area contributed by atoms with E-state index in [2.05, 4.69) is 98.5 Å². The van der Waals surface area contributed by atoms with Crippen LogP contribution in [0.25, 0.3) is 0 Å². The SMILES string of the molecule is Cc1cc(C(C)(C)C)cc(Br)c1OCCCOc1c(Cl)cc(C(C)(C)C)cc1Br. The first-order valence-electron chi connectivity index (χ1n) is 9.86. The molecule has 0 aliphatic rings. The topological polar surface area (TPSA) is 18.5 Å². The predicted molar refractivity (Wildman–Crippen MR) is 131 cm³/mol. The van der Waals surface area contributed by atoms with Gasteiger partial charge in [-0.25, -0.2) is 0 Å². The van der Waals surface area contributed by atoms with Gasteiger partial charge >= 0.3 is 0 Å². The van der Waals surface area contributed by atoms with Crippen molar-refractivity contribution in [3.8, 4) is 11.5 Å². The smallest absolute Gasteiger partial charge is 0.152 e. The maximum atomic E-state index is 6.45. The summed E-state index contributed by atoms with van der Waals surface area (Å²) in [5.41, 5.74) is 3.73. The first kappa shape index (κ1) is 24.6. The summed E-state index contributed by atoms with van der Waals surface area (Å²) in [5, 5.41) is 0.626. The molecule has 2 nitrogen and oxygen atoms in total. The van der Waals surface area contributed by atoms with Crippen LogP contribution in [0.1, 0.15) is 64.7 Å². The lowest BCUT2D eigenvalue weighted by molar-refractivity contribution is 0.245. The van der Waals surface area contributed by atoms with Gasteiger partial charge in [0.2, 0.25) is 0 Å². The maximum Gasteiger partial charge on any atom is 0.152 e. The zero-order valence-electron chi connectivity index (χ0n) is 18.4. The monoisotopic (exact) mass is 544 g/mol. The largest absolute Gasteiger partial charge is 0.492 e. The van der Waals surface area contributed by atoms with Crippen molar-refractivity contribution in [1.29, 1.82) is 0 Å². The highest BCUT2D eigenvalue weighted by molar-refractivity contribution is 9.10. The van der Waals surface area contributed by atoms with Crippen LogP contribution in [-0.2, 0) is 10.8 Å². The van der Waals surface area contributed by atoms with E-state index in [-0.39, 0.29) is 10.8 Å². The Balaban J connectivity index is 1.94. The van der Waals surface area contributed by atoms with Gasteiger partial charge in [0.1, 0.15) is 5.75 Å². The molecule has 0 amide bonds. The van der Waals surface area contributed by atoms with Gasteiger partial charge in [-0.3, -0.25) is 0 Å². The second-order valence-corrected chi connectivity index (χ2v) is 11.5. The van der Waals surface area contributed by atoms with E-state index in [0.29, 0.717) is 24.0 Å². The minimum Gasteiger partial charge on any atom is -0.492 e. The molecule has 0 saturated carbocycles. The number of benzene rings is 2. The molecular weight excluding hydrogens is 516 g/mol. The number of rotatable bonds is 6. The molecule has 0 spiro atoms. The number of aryl methyl sites for hydroxylation is 1. The fourth-order valence-corrected chi connectivity index (χ4v) is 4.52. The molecule has 0 aromatic heterocycles. The fraction of sp³-hybridized carbons (Fsp3) is 0.500. The number of hydrogen-bond donors (Lipinski definition) is 0. The van der Waals surface area contributed by atoms with E-state index in [1.54, 1.807) is 0 Å². The van der Waals surface area contributed by atoms with Crippen LogP contribution in [0.5, 0.6) is 11.5 Å². The van der Waals surface area contributed by atoms with Gasteiger partial charge in [-0.15, -0.1) is 0 Å². The van der Waals surface area contributed by atoms with Crippen molar-refractivity contribution in [2.75, 3.05) is 13.2 Å². The minimum absolute atomic E-state index is 0.0340. The Morgan fingerprint density at radius 2 is 1.21 bits per heavy atom. The summed E-state index contributed by atoms with van der Waals surface area (Å²) in [7, 11) is 0. The van der Waals surface area contributed by atoms with Gasteiger partial charge < -0.3 is 9.47 Å². The highest BCUT2D eigenvalue weighted by Gasteiger charge is 2.19. The first-order valence-corrected chi connectivity index (χ1v) is 11.8. The van der Waals surface area contributed by atoms with E-state index >= 15 is 0 Å². The molecule has 0 aliphatic heterocycles. The van der Waals surface area contributed by atoms with Gasteiger partial charge in [-0.1, -0.05) is 59.2 Å². The summed E-state index contributed by atoms with van der Waals surface area (Å²) in [6, 6.07) is 8.40. The average Bonchev–Trinajstić information content (AvgIpc) is 2.56. The van der Waals surface area contributed by atoms with E-state index < -0.39 is 0 Å². The molecule has 0 bridgehead atoms. The Labute approximate surface area is 197 Å².